The summed E-state index contributed by atoms with van der Waals surface area (Å²) in [5.41, 5.74) is 6.94. The van der Waals surface area contributed by atoms with Gasteiger partial charge in [-0.05, 0) is 67.6 Å². The van der Waals surface area contributed by atoms with E-state index in [9.17, 15) is 9.50 Å². The summed E-state index contributed by atoms with van der Waals surface area (Å²) in [7, 11) is 0. The Balaban J connectivity index is 1.55. The molecule has 0 unspecified atom stereocenters. The molecule has 186 valence electrons. The third-order valence-electron chi connectivity index (χ3n) is 7.39. The summed E-state index contributed by atoms with van der Waals surface area (Å²) in [4.78, 5) is 5.29. The number of ether oxygens (including phenoxy) is 2. The number of aliphatic hydroxyl groups is 1. The molecule has 0 bridgehead atoms. The molecule has 1 aliphatic carbocycles. The third-order valence-corrected chi connectivity index (χ3v) is 7.39. The van der Waals surface area contributed by atoms with Crippen molar-refractivity contribution in [3.63, 3.8) is 0 Å². The number of halogens is 1. The second-order valence-electron chi connectivity index (χ2n) is 10.9. The lowest BCUT2D eigenvalue weighted by atomic mass is 9.87. The van der Waals surface area contributed by atoms with Crippen molar-refractivity contribution in [2.45, 2.75) is 69.7 Å². The zero-order valence-electron chi connectivity index (χ0n) is 20.8. The summed E-state index contributed by atoms with van der Waals surface area (Å²) in [6, 6.07) is 14.9. The van der Waals surface area contributed by atoms with E-state index in [0.717, 1.165) is 57.8 Å². The molecule has 2 atom stereocenters. The summed E-state index contributed by atoms with van der Waals surface area (Å²) in [5.74, 6) is 1.00. The maximum atomic E-state index is 13.9. The summed E-state index contributed by atoms with van der Waals surface area (Å²) >= 11 is 0. The largest absolute Gasteiger partial charge is 0.493 e. The van der Waals surface area contributed by atoms with Crippen molar-refractivity contribution in [1.82, 2.24) is 4.98 Å². The molecule has 2 aliphatic heterocycles. The topological polar surface area (TPSA) is 51.6 Å². The number of hydrogen-bond donors (Lipinski definition) is 1. The quantitative estimate of drug-likeness (QED) is 0.447. The number of aliphatic hydroxyl groups excluding tert-OH is 1. The molecule has 6 rings (SSSR count). The van der Waals surface area contributed by atoms with E-state index in [2.05, 4.69) is 18.2 Å². The molecule has 1 saturated carbocycles. The van der Waals surface area contributed by atoms with Crippen molar-refractivity contribution in [2.24, 2.45) is 0 Å². The predicted octanol–water partition coefficient (Wildman–Crippen LogP) is 6.70. The van der Waals surface area contributed by atoms with E-state index in [1.54, 1.807) is 0 Å². The van der Waals surface area contributed by atoms with Gasteiger partial charge in [-0.25, -0.2) is 4.39 Å². The molecular formula is C31H32FNO3. The molecule has 3 aromatic rings. The van der Waals surface area contributed by atoms with Crippen LogP contribution in [0, 0.1) is 5.82 Å². The summed E-state index contributed by atoms with van der Waals surface area (Å²) < 4.78 is 26.3. The van der Waals surface area contributed by atoms with E-state index in [-0.39, 0.29) is 23.6 Å². The molecular weight excluding hydrogens is 453 g/mol. The first-order valence-electron chi connectivity index (χ1n) is 13.0. The van der Waals surface area contributed by atoms with Crippen molar-refractivity contribution in [1.29, 1.82) is 0 Å². The molecule has 0 spiro atoms. The second-order valence-corrected chi connectivity index (χ2v) is 10.9. The highest BCUT2D eigenvalue weighted by molar-refractivity contribution is 5.86. The maximum absolute atomic E-state index is 13.9. The number of pyridine rings is 1. The standard InChI is InChI=1S/C31H32FNO3/c1-31(2)18-22(34)17-23(36-31)13-14-25-28(19-9-11-21(32)12-10-19)26-15-16-35-27-6-4-3-5-24(27)30(26)33-29(25)20-7-8-20/h3-6,9-14,20,22-23,34H,7-8,15-18H2,1-2H3/b14-13+/t22-,23-/m1/s1. The Morgan fingerprint density at radius 3 is 2.61 bits per heavy atom. The van der Waals surface area contributed by atoms with Crippen LogP contribution in [0.1, 0.15) is 62.3 Å². The summed E-state index contributed by atoms with van der Waals surface area (Å²) in [6.07, 6.45) is 7.78. The highest BCUT2D eigenvalue weighted by Gasteiger charge is 2.34. The maximum Gasteiger partial charge on any atom is 0.128 e. The van der Waals surface area contributed by atoms with Crippen LogP contribution in [0.2, 0.25) is 0 Å². The van der Waals surface area contributed by atoms with E-state index in [4.69, 9.17) is 14.5 Å². The van der Waals surface area contributed by atoms with Crippen LogP contribution in [0.15, 0.2) is 54.6 Å². The highest BCUT2D eigenvalue weighted by atomic mass is 19.1. The Hall–Kier alpha value is -3.02. The Kier molecular flexibility index (Phi) is 5.93. The predicted molar refractivity (Wildman–Crippen MR) is 139 cm³/mol. The van der Waals surface area contributed by atoms with E-state index < -0.39 is 0 Å². The van der Waals surface area contributed by atoms with Crippen molar-refractivity contribution in [3.05, 3.63) is 77.2 Å². The van der Waals surface area contributed by atoms with Gasteiger partial charge < -0.3 is 14.6 Å². The molecule has 0 amide bonds. The van der Waals surface area contributed by atoms with Gasteiger partial charge in [-0.3, -0.25) is 4.98 Å². The summed E-state index contributed by atoms with van der Waals surface area (Å²) in [5, 5.41) is 10.4. The molecule has 3 aliphatic rings. The number of para-hydroxylation sites is 1. The van der Waals surface area contributed by atoms with Gasteiger partial charge in [-0.15, -0.1) is 0 Å². The Morgan fingerprint density at radius 1 is 1.08 bits per heavy atom. The minimum Gasteiger partial charge on any atom is -0.493 e. The van der Waals surface area contributed by atoms with E-state index in [1.807, 2.05) is 44.2 Å². The number of nitrogens with zero attached hydrogens (tertiary/aromatic N) is 1. The number of aromatic nitrogens is 1. The first-order valence-corrected chi connectivity index (χ1v) is 13.0. The Bertz CT molecular complexity index is 1310. The fraction of sp³-hybridized carbons (Fsp3) is 0.387. The minimum absolute atomic E-state index is 0.181. The van der Waals surface area contributed by atoms with Gasteiger partial charge in [-0.1, -0.05) is 36.4 Å². The van der Waals surface area contributed by atoms with Crippen LogP contribution in [0.4, 0.5) is 4.39 Å². The zero-order valence-corrected chi connectivity index (χ0v) is 20.8. The number of hydrogen-bond acceptors (Lipinski definition) is 4. The number of fused-ring (bicyclic) bond motifs is 3. The smallest absolute Gasteiger partial charge is 0.128 e. The van der Waals surface area contributed by atoms with Gasteiger partial charge in [0.1, 0.15) is 11.6 Å². The Morgan fingerprint density at radius 2 is 1.86 bits per heavy atom. The van der Waals surface area contributed by atoms with Gasteiger partial charge in [0.15, 0.2) is 0 Å². The molecule has 4 nitrogen and oxygen atoms in total. The SMILES string of the molecule is CC1(C)C[C@H](O)C[C@@H](/C=C/c2c(C3CC3)nc3c(c2-c2ccc(F)cc2)CCOc2ccccc2-3)O1. The van der Waals surface area contributed by atoms with Crippen molar-refractivity contribution >= 4 is 6.08 Å². The molecule has 2 fully saturated rings. The van der Waals surface area contributed by atoms with Gasteiger partial charge in [-0.2, -0.15) is 0 Å². The van der Waals surface area contributed by atoms with Crippen LogP contribution >= 0.6 is 0 Å². The van der Waals surface area contributed by atoms with Crippen LogP contribution in [-0.4, -0.2) is 34.5 Å². The lowest BCUT2D eigenvalue weighted by Crippen LogP contribution is -2.41. The first-order chi connectivity index (χ1) is 17.4. The van der Waals surface area contributed by atoms with Gasteiger partial charge in [0.2, 0.25) is 0 Å². The average molecular weight is 486 g/mol. The fourth-order valence-corrected chi connectivity index (χ4v) is 5.70. The molecule has 1 aromatic heterocycles. The molecule has 3 heterocycles. The van der Waals surface area contributed by atoms with Gasteiger partial charge >= 0.3 is 0 Å². The zero-order chi connectivity index (χ0) is 24.9. The molecule has 1 N–H and O–H groups in total. The molecule has 2 aromatic carbocycles. The van der Waals surface area contributed by atoms with E-state index in [1.165, 1.54) is 12.1 Å². The normalized spacial score (nSPS) is 23.0. The van der Waals surface area contributed by atoms with Gasteiger partial charge in [0.25, 0.3) is 0 Å². The van der Waals surface area contributed by atoms with Crippen molar-refractivity contribution in [2.75, 3.05) is 6.61 Å². The molecule has 1 saturated heterocycles. The highest BCUT2D eigenvalue weighted by Crippen LogP contribution is 2.48. The Labute approximate surface area is 211 Å². The van der Waals surface area contributed by atoms with E-state index >= 15 is 0 Å². The van der Waals surface area contributed by atoms with Gasteiger partial charge in [0, 0.05) is 36.3 Å². The van der Waals surface area contributed by atoms with Crippen molar-refractivity contribution in [3.8, 4) is 28.1 Å². The first kappa shape index (κ1) is 23.4. The van der Waals surface area contributed by atoms with Crippen LogP contribution in [0.5, 0.6) is 5.75 Å². The van der Waals surface area contributed by atoms with Gasteiger partial charge in [0.05, 0.1) is 35.8 Å². The van der Waals surface area contributed by atoms with Crippen LogP contribution in [0.25, 0.3) is 28.5 Å². The molecule has 0 radical (unpaired) electrons. The molecule has 5 heteroatoms. The van der Waals surface area contributed by atoms with Crippen LogP contribution < -0.4 is 4.74 Å². The lowest BCUT2D eigenvalue weighted by Gasteiger charge is -2.37. The van der Waals surface area contributed by atoms with E-state index in [0.29, 0.717) is 31.8 Å². The lowest BCUT2D eigenvalue weighted by molar-refractivity contribution is -0.125. The average Bonchev–Trinajstić information content (AvgIpc) is 3.68. The fourth-order valence-electron chi connectivity index (χ4n) is 5.70. The second kappa shape index (κ2) is 9.13. The van der Waals surface area contributed by atoms with Crippen LogP contribution in [0.3, 0.4) is 0 Å². The number of rotatable bonds is 4. The summed E-state index contributed by atoms with van der Waals surface area (Å²) in [6.45, 7) is 4.60. The third kappa shape index (κ3) is 4.58. The molecule has 36 heavy (non-hydrogen) atoms. The van der Waals surface area contributed by atoms with Crippen LogP contribution in [-0.2, 0) is 11.2 Å². The van der Waals surface area contributed by atoms with Crippen molar-refractivity contribution < 1.29 is 19.0 Å². The minimum atomic E-state index is -0.387. The number of benzene rings is 2. The monoisotopic (exact) mass is 485 g/mol.